The highest BCUT2D eigenvalue weighted by atomic mass is 32.1. The van der Waals surface area contributed by atoms with Crippen LogP contribution in [0.4, 0.5) is 0 Å². The lowest BCUT2D eigenvalue weighted by Gasteiger charge is -2.08. The van der Waals surface area contributed by atoms with Crippen molar-refractivity contribution in [1.29, 1.82) is 0 Å². The molecule has 7 heteroatoms. The normalized spacial score (nSPS) is 11.9. The predicted octanol–water partition coefficient (Wildman–Crippen LogP) is 6.95. The minimum absolute atomic E-state index is 0.605. The molecule has 0 atom stereocenters. The van der Waals surface area contributed by atoms with Gasteiger partial charge in [0.1, 0.15) is 6.33 Å². The molecule has 0 amide bonds. The van der Waals surface area contributed by atoms with Gasteiger partial charge >= 0.3 is 0 Å². The van der Waals surface area contributed by atoms with E-state index < -0.39 is 0 Å². The van der Waals surface area contributed by atoms with Crippen molar-refractivity contribution < 1.29 is 0 Å². The first kappa shape index (κ1) is 19.5. The Hall–Kier alpha value is -4.75. The second-order valence-electron chi connectivity index (χ2n) is 8.66. The van der Waals surface area contributed by atoms with Crippen LogP contribution in [0.5, 0.6) is 0 Å². The van der Waals surface area contributed by atoms with Gasteiger partial charge in [0.25, 0.3) is 0 Å². The van der Waals surface area contributed by atoms with Crippen LogP contribution in [0.15, 0.2) is 97.6 Å². The minimum atomic E-state index is 0.605. The van der Waals surface area contributed by atoms with Crippen molar-refractivity contribution in [2.45, 2.75) is 0 Å². The molecule has 4 aromatic carbocycles. The van der Waals surface area contributed by atoms with E-state index in [1.807, 2.05) is 30.3 Å². The maximum absolute atomic E-state index is 4.92. The molecule has 0 aliphatic heterocycles. The Balaban J connectivity index is 1.51. The number of rotatable bonds is 2. The lowest BCUT2D eigenvalue weighted by Crippen LogP contribution is -2.03. The van der Waals surface area contributed by atoms with E-state index in [9.17, 15) is 0 Å². The van der Waals surface area contributed by atoms with Crippen molar-refractivity contribution in [2.75, 3.05) is 0 Å². The van der Waals surface area contributed by atoms with Crippen LogP contribution in [-0.4, -0.2) is 29.5 Å². The molecule has 0 saturated carbocycles. The van der Waals surface area contributed by atoms with E-state index >= 15 is 0 Å². The van der Waals surface area contributed by atoms with E-state index in [1.54, 1.807) is 30.1 Å². The molecule has 0 radical (unpaired) electrons. The molecule has 0 aliphatic rings. The number of para-hydroxylation sites is 1. The molecular weight excluding hydrogens is 464 g/mol. The third kappa shape index (κ3) is 2.74. The third-order valence-electron chi connectivity index (χ3n) is 6.65. The number of thiophene rings is 1. The zero-order chi connectivity index (χ0) is 23.6. The number of fused-ring (bicyclic) bond motifs is 8. The van der Waals surface area contributed by atoms with Crippen LogP contribution in [0.1, 0.15) is 0 Å². The Labute approximate surface area is 208 Å². The quantitative estimate of drug-likeness (QED) is 0.268. The largest absolute Gasteiger partial charge is 0.276 e. The van der Waals surface area contributed by atoms with E-state index in [-0.39, 0.29) is 0 Å². The van der Waals surface area contributed by atoms with Gasteiger partial charge < -0.3 is 0 Å². The number of hydrogen-bond acceptors (Lipinski definition) is 6. The van der Waals surface area contributed by atoms with Gasteiger partial charge in [0.15, 0.2) is 5.82 Å². The van der Waals surface area contributed by atoms with E-state index in [4.69, 9.17) is 4.98 Å². The SMILES string of the molecule is c1ccc(-c2ncnc(-n3c4ccccc4c4ccc5c6cc7nccnc7cc6sc5c43)n2)cc1. The smallest absolute Gasteiger partial charge is 0.238 e. The van der Waals surface area contributed by atoms with E-state index in [2.05, 4.69) is 73.0 Å². The van der Waals surface area contributed by atoms with Gasteiger partial charge in [0.2, 0.25) is 5.95 Å². The van der Waals surface area contributed by atoms with Crippen molar-refractivity contribution in [1.82, 2.24) is 29.5 Å². The molecular formula is C29H16N6S. The molecule has 36 heavy (non-hydrogen) atoms. The summed E-state index contributed by atoms with van der Waals surface area (Å²) in [4.78, 5) is 23.1. The summed E-state index contributed by atoms with van der Waals surface area (Å²) >= 11 is 1.77. The second kappa shape index (κ2) is 7.37. The maximum atomic E-state index is 4.92. The Bertz CT molecular complexity index is 2110. The second-order valence-corrected chi connectivity index (χ2v) is 9.71. The van der Waals surface area contributed by atoms with Gasteiger partial charge in [-0.3, -0.25) is 14.5 Å². The van der Waals surface area contributed by atoms with Crippen LogP contribution in [0, 0.1) is 0 Å². The summed E-state index contributed by atoms with van der Waals surface area (Å²) in [6.45, 7) is 0. The number of nitrogens with zero attached hydrogens (tertiary/aromatic N) is 6. The van der Waals surface area contributed by atoms with Crippen LogP contribution in [-0.2, 0) is 0 Å². The van der Waals surface area contributed by atoms with Crippen molar-refractivity contribution in [2.24, 2.45) is 0 Å². The first-order chi connectivity index (χ1) is 17.8. The summed E-state index contributed by atoms with van der Waals surface area (Å²) in [5.74, 6) is 1.26. The summed E-state index contributed by atoms with van der Waals surface area (Å²) in [7, 11) is 0. The average Bonchev–Trinajstić information content (AvgIpc) is 3.47. The van der Waals surface area contributed by atoms with Gasteiger partial charge in [0.05, 0.1) is 26.8 Å². The Morgan fingerprint density at radius 3 is 2.31 bits per heavy atom. The number of benzene rings is 4. The molecule has 4 heterocycles. The molecule has 0 unspecified atom stereocenters. The standard InChI is InChI=1S/C29H16N6S/c1-2-6-17(7-3-1)28-32-16-33-29(34-28)35-24-9-5-4-8-18(24)19-10-11-20-21-14-22-23(31-13-12-30-22)15-25(21)36-27(20)26(19)35/h1-16H. The van der Waals surface area contributed by atoms with Crippen molar-refractivity contribution >= 4 is 64.3 Å². The van der Waals surface area contributed by atoms with E-state index in [1.165, 1.54) is 30.9 Å². The number of aromatic nitrogens is 6. The van der Waals surface area contributed by atoms with Gasteiger partial charge in [-0.05, 0) is 18.2 Å². The summed E-state index contributed by atoms with van der Waals surface area (Å²) in [6, 6.07) is 27.1. The first-order valence-corrected chi connectivity index (χ1v) is 12.4. The van der Waals surface area contributed by atoms with Crippen LogP contribution < -0.4 is 0 Å². The summed E-state index contributed by atoms with van der Waals surface area (Å²) in [5.41, 5.74) is 4.93. The van der Waals surface area contributed by atoms with Gasteiger partial charge in [-0.2, -0.15) is 4.98 Å². The van der Waals surface area contributed by atoms with Crippen molar-refractivity contribution in [3.05, 3.63) is 97.6 Å². The zero-order valence-electron chi connectivity index (χ0n) is 18.8. The molecule has 4 aromatic heterocycles. The van der Waals surface area contributed by atoms with Crippen LogP contribution in [0.3, 0.4) is 0 Å². The molecule has 8 aromatic rings. The highest BCUT2D eigenvalue weighted by Crippen LogP contribution is 2.43. The topological polar surface area (TPSA) is 69.4 Å². The molecule has 6 nitrogen and oxygen atoms in total. The fraction of sp³-hybridized carbons (Fsp3) is 0. The molecule has 0 bridgehead atoms. The molecule has 0 N–H and O–H groups in total. The van der Waals surface area contributed by atoms with Crippen molar-refractivity contribution in [3.63, 3.8) is 0 Å². The Kier molecular flexibility index (Phi) is 4.00. The van der Waals surface area contributed by atoms with Gasteiger partial charge in [-0.15, -0.1) is 11.3 Å². The van der Waals surface area contributed by atoms with Gasteiger partial charge in [-0.25, -0.2) is 9.97 Å². The molecule has 8 rings (SSSR count). The number of hydrogen-bond donors (Lipinski definition) is 0. The fourth-order valence-corrected chi connectivity index (χ4v) is 6.32. The minimum Gasteiger partial charge on any atom is -0.276 e. The van der Waals surface area contributed by atoms with E-state index in [0.29, 0.717) is 11.8 Å². The Morgan fingerprint density at radius 1 is 0.639 bits per heavy atom. The molecule has 0 spiro atoms. The maximum Gasteiger partial charge on any atom is 0.238 e. The Morgan fingerprint density at radius 2 is 1.42 bits per heavy atom. The van der Waals surface area contributed by atoms with Crippen molar-refractivity contribution in [3.8, 4) is 17.3 Å². The molecule has 0 fully saturated rings. The monoisotopic (exact) mass is 480 g/mol. The summed E-state index contributed by atoms with van der Waals surface area (Å²) < 4.78 is 4.55. The first-order valence-electron chi connectivity index (χ1n) is 11.6. The molecule has 168 valence electrons. The molecule has 0 saturated heterocycles. The summed E-state index contributed by atoms with van der Waals surface area (Å²) in [6.07, 6.45) is 5.08. The van der Waals surface area contributed by atoms with Gasteiger partial charge in [-0.1, -0.05) is 60.7 Å². The fourth-order valence-electron chi connectivity index (χ4n) is 5.07. The van der Waals surface area contributed by atoms with Gasteiger partial charge in [0, 0.05) is 44.2 Å². The summed E-state index contributed by atoms with van der Waals surface area (Å²) in [5, 5.41) is 4.72. The van der Waals surface area contributed by atoms with E-state index in [0.717, 1.165) is 27.6 Å². The highest BCUT2D eigenvalue weighted by molar-refractivity contribution is 7.26. The third-order valence-corrected chi connectivity index (χ3v) is 7.83. The lowest BCUT2D eigenvalue weighted by atomic mass is 10.1. The van der Waals surface area contributed by atoms with Crippen LogP contribution in [0.2, 0.25) is 0 Å². The average molecular weight is 481 g/mol. The molecule has 0 aliphatic carbocycles. The zero-order valence-corrected chi connectivity index (χ0v) is 19.6. The van der Waals surface area contributed by atoms with Crippen LogP contribution >= 0.6 is 11.3 Å². The lowest BCUT2D eigenvalue weighted by molar-refractivity contribution is 0.948. The van der Waals surface area contributed by atoms with Crippen LogP contribution in [0.25, 0.3) is 70.3 Å². The highest BCUT2D eigenvalue weighted by Gasteiger charge is 2.19. The predicted molar refractivity (Wildman–Crippen MR) is 146 cm³/mol.